The predicted octanol–water partition coefficient (Wildman–Crippen LogP) is 1.88. The normalized spacial score (nSPS) is 14.6. The van der Waals surface area contributed by atoms with E-state index in [1.54, 1.807) is 24.3 Å². The average Bonchev–Trinajstić information content (AvgIpc) is 2.94. The van der Waals surface area contributed by atoms with Crippen molar-refractivity contribution >= 4 is 23.2 Å². The van der Waals surface area contributed by atoms with Gasteiger partial charge in [0, 0.05) is 43.6 Å². The van der Waals surface area contributed by atoms with Crippen LogP contribution in [0.3, 0.4) is 0 Å². The van der Waals surface area contributed by atoms with Gasteiger partial charge in [-0.1, -0.05) is 0 Å². The number of nitrogens with zero attached hydrogens (tertiary/aromatic N) is 3. The third-order valence-corrected chi connectivity index (χ3v) is 5.18. The quantitative estimate of drug-likeness (QED) is 0.742. The summed E-state index contributed by atoms with van der Waals surface area (Å²) in [5.41, 5.74) is 4.60. The summed E-state index contributed by atoms with van der Waals surface area (Å²) in [6, 6.07) is 7.18. The van der Waals surface area contributed by atoms with Gasteiger partial charge in [-0.15, -0.1) is 0 Å². The number of hydrogen-bond donors (Lipinski definition) is 2. The lowest BCUT2D eigenvalue weighted by atomic mass is 10.1. The Bertz CT molecular complexity index is 854. The molecule has 1 aliphatic heterocycles. The minimum atomic E-state index is -0.0501. The molecule has 2 N–H and O–H groups in total. The Balaban J connectivity index is 1.45. The lowest BCUT2D eigenvalue weighted by Gasteiger charge is -2.25. The van der Waals surface area contributed by atoms with E-state index in [4.69, 9.17) is 4.74 Å². The highest BCUT2D eigenvalue weighted by Crippen LogP contribution is 2.16. The summed E-state index contributed by atoms with van der Waals surface area (Å²) in [7, 11) is 1.91. The molecule has 2 amide bonds. The molecule has 29 heavy (non-hydrogen) atoms. The molecule has 0 aliphatic carbocycles. The number of hydrogen-bond acceptors (Lipinski definition) is 5. The molecule has 1 aromatic carbocycles. The minimum absolute atomic E-state index is 0.0447. The maximum atomic E-state index is 12.3. The zero-order valence-corrected chi connectivity index (χ0v) is 17.3. The van der Waals surface area contributed by atoms with Gasteiger partial charge in [0.05, 0.1) is 25.5 Å². The molecule has 1 aromatic heterocycles. The molecular weight excluding hydrogens is 370 g/mol. The average molecular weight is 399 g/mol. The van der Waals surface area contributed by atoms with Crippen LogP contribution in [0.25, 0.3) is 0 Å². The molecular formula is C21H29N5O3. The van der Waals surface area contributed by atoms with Gasteiger partial charge in [-0.05, 0) is 50.1 Å². The Morgan fingerprint density at radius 2 is 1.62 bits per heavy atom. The molecule has 1 saturated heterocycles. The number of nitrogens with one attached hydrogen (secondary N) is 2. The van der Waals surface area contributed by atoms with Gasteiger partial charge in [0.25, 0.3) is 0 Å². The van der Waals surface area contributed by atoms with E-state index in [9.17, 15) is 9.59 Å². The zero-order valence-electron chi connectivity index (χ0n) is 17.3. The first kappa shape index (κ1) is 21.0. The Morgan fingerprint density at radius 3 is 2.17 bits per heavy atom. The standard InChI is InChI=1S/C21H29N5O3/c1-15-19(16(2)25(3)24-15)8-9-20(27)22-17-4-6-18(7-5-17)23-21(28)14-26-10-12-29-13-11-26/h4-7H,8-14H2,1-3H3,(H,22,27)(H,23,28). The number of carbonyl (C=O) groups is 2. The van der Waals surface area contributed by atoms with Crippen LogP contribution in [-0.4, -0.2) is 59.3 Å². The summed E-state index contributed by atoms with van der Waals surface area (Å²) in [5, 5.41) is 10.2. The number of aryl methyl sites for hydroxylation is 2. The Morgan fingerprint density at radius 1 is 1.03 bits per heavy atom. The molecule has 8 nitrogen and oxygen atoms in total. The van der Waals surface area contributed by atoms with E-state index in [0.717, 1.165) is 30.0 Å². The lowest BCUT2D eigenvalue weighted by molar-refractivity contribution is -0.118. The third kappa shape index (κ3) is 5.88. The maximum absolute atomic E-state index is 12.3. The summed E-state index contributed by atoms with van der Waals surface area (Å²) in [4.78, 5) is 26.5. The van der Waals surface area contributed by atoms with Crippen molar-refractivity contribution in [3.05, 3.63) is 41.2 Å². The SMILES string of the molecule is Cc1nn(C)c(C)c1CCC(=O)Nc1ccc(NC(=O)CN2CCOCC2)cc1. The second kappa shape index (κ2) is 9.67. The van der Waals surface area contributed by atoms with Crippen molar-refractivity contribution in [2.75, 3.05) is 43.5 Å². The molecule has 1 aliphatic rings. The summed E-state index contributed by atoms with van der Waals surface area (Å²) in [6.45, 7) is 7.22. The van der Waals surface area contributed by atoms with Crippen LogP contribution in [0.15, 0.2) is 24.3 Å². The zero-order chi connectivity index (χ0) is 20.8. The smallest absolute Gasteiger partial charge is 0.238 e. The van der Waals surface area contributed by atoms with E-state index in [0.29, 0.717) is 44.0 Å². The summed E-state index contributed by atoms with van der Waals surface area (Å²) < 4.78 is 7.13. The highest BCUT2D eigenvalue weighted by atomic mass is 16.5. The van der Waals surface area contributed by atoms with Gasteiger partial charge in [0.2, 0.25) is 11.8 Å². The van der Waals surface area contributed by atoms with E-state index < -0.39 is 0 Å². The highest BCUT2D eigenvalue weighted by molar-refractivity contribution is 5.93. The third-order valence-electron chi connectivity index (χ3n) is 5.18. The molecule has 0 saturated carbocycles. The van der Waals surface area contributed by atoms with Crippen LogP contribution in [-0.2, 0) is 27.8 Å². The van der Waals surface area contributed by atoms with Crippen molar-refractivity contribution < 1.29 is 14.3 Å². The Kier molecular flexibility index (Phi) is 7.00. The van der Waals surface area contributed by atoms with E-state index in [1.807, 2.05) is 25.6 Å². The van der Waals surface area contributed by atoms with Crippen molar-refractivity contribution in [3.63, 3.8) is 0 Å². The summed E-state index contributed by atoms with van der Waals surface area (Å²) in [5.74, 6) is -0.0948. The van der Waals surface area contributed by atoms with Crippen molar-refractivity contribution in [1.82, 2.24) is 14.7 Å². The molecule has 2 heterocycles. The van der Waals surface area contributed by atoms with Crippen LogP contribution >= 0.6 is 0 Å². The van der Waals surface area contributed by atoms with Gasteiger partial charge in [-0.25, -0.2) is 0 Å². The van der Waals surface area contributed by atoms with Crippen molar-refractivity contribution in [2.24, 2.45) is 7.05 Å². The first-order chi connectivity index (χ1) is 13.9. The number of amides is 2. The number of anilines is 2. The molecule has 8 heteroatoms. The van der Waals surface area contributed by atoms with Gasteiger partial charge >= 0.3 is 0 Å². The first-order valence-corrected chi connectivity index (χ1v) is 9.91. The molecule has 3 rings (SSSR count). The minimum Gasteiger partial charge on any atom is -0.379 e. The number of ether oxygens (including phenoxy) is 1. The number of benzene rings is 1. The van der Waals surface area contributed by atoms with Crippen LogP contribution < -0.4 is 10.6 Å². The van der Waals surface area contributed by atoms with E-state index in [-0.39, 0.29) is 11.8 Å². The Hall–Kier alpha value is -2.71. The largest absolute Gasteiger partial charge is 0.379 e. The molecule has 0 bridgehead atoms. The highest BCUT2D eigenvalue weighted by Gasteiger charge is 2.14. The first-order valence-electron chi connectivity index (χ1n) is 9.91. The van der Waals surface area contributed by atoms with E-state index in [1.165, 1.54) is 0 Å². The predicted molar refractivity (Wildman–Crippen MR) is 112 cm³/mol. The molecule has 0 atom stereocenters. The monoisotopic (exact) mass is 399 g/mol. The van der Waals surface area contributed by atoms with Gasteiger partial charge in [-0.3, -0.25) is 19.2 Å². The van der Waals surface area contributed by atoms with Gasteiger partial charge in [0.1, 0.15) is 0 Å². The van der Waals surface area contributed by atoms with E-state index >= 15 is 0 Å². The number of carbonyl (C=O) groups excluding carboxylic acids is 2. The molecule has 0 unspecified atom stereocenters. The van der Waals surface area contributed by atoms with Crippen molar-refractivity contribution in [1.29, 1.82) is 0 Å². The topological polar surface area (TPSA) is 88.5 Å². The summed E-state index contributed by atoms with van der Waals surface area (Å²) >= 11 is 0. The molecule has 1 fully saturated rings. The van der Waals surface area contributed by atoms with Crippen molar-refractivity contribution in [2.45, 2.75) is 26.7 Å². The fourth-order valence-corrected chi connectivity index (χ4v) is 3.44. The number of aromatic nitrogens is 2. The number of morpholine rings is 1. The lowest BCUT2D eigenvalue weighted by Crippen LogP contribution is -2.41. The molecule has 0 spiro atoms. The summed E-state index contributed by atoms with van der Waals surface area (Å²) in [6.07, 6.45) is 1.05. The van der Waals surface area contributed by atoms with Crippen molar-refractivity contribution in [3.8, 4) is 0 Å². The molecule has 2 aromatic rings. The van der Waals surface area contributed by atoms with Gasteiger partial charge < -0.3 is 15.4 Å². The second-order valence-corrected chi connectivity index (χ2v) is 7.34. The van der Waals surface area contributed by atoms with Gasteiger partial charge in [0.15, 0.2) is 0 Å². The van der Waals surface area contributed by atoms with E-state index in [2.05, 4.69) is 20.6 Å². The number of rotatable bonds is 7. The fraction of sp³-hybridized carbons (Fsp3) is 0.476. The van der Waals surface area contributed by atoms with Gasteiger partial charge in [-0.2, -0.15) is 5.10 Å². The second-order valence-electron chi connectivity index (χ2n) is 7.34. The Labute approximate surface area is 171 Å². The molecule has 156 valence electrons. The van der Waals surface area contributed by atoms with Crippen LogP contribution in [0, 0.1) is 13.8 Å². The molecule has 0 radical (unpaired) electrons. The maximum Gasteiger partial charge on any atom is 0.238 e. The van der Waals surface area contributed by atoms with Crippen LogP contribution in [0.1, 0.15) is 23.4 Å². The van der Waals surface area contributed by atoms with Crippen LogP contribution in [0.2, 0.25) is 0 Å². The van der Waals surface area contributed by atoms with Crippen LogP contribution in [0.4, 0.5) is 11.4 Å². The van der Waals surface area contributed by atoms with Crippen LogP contribution in [0.5, 0.6) is 0 Å². The fourth-order valence-electron chi connectivity index (χ4n) is 3.44.